The Hall–Kier alpha value is -2.19. The Balaban J connectivity index is 1.95. The summed E-state index contributed by atoms with van der Waals surface area (Å²) < 4.78 is 5.03. The summed E-state index contributed by atoms with van der Waals surface area (Å²) in [5, 5.41) is 20.1. The number of likely N-dealkylation sites (N-methyl/N-ethyl adjacent to an activating group) is 1. The Morgan fingerprint density at radius 2 is 2.12 bits per heavy atom. The first-order chi connectivity index (χ1) is 11.9. The van der Waals surface area contributed by atoms with Crippen LogP contribution in [0.4, 0.5) is 5.69 Å². The lowest BCUT2D eigenvalue weighted by Gasteiger charge is -2.37. The third-order valence-electron chi connectivity index (χ3n) is 4.66. The zero-order valence-electron chi connectivity index (χ0n) is 14.7. The number of carboxylic acid groups (broad SMARTS) is 1. The fourth-order valence-corrected chi connectivity index (χ4v) is 3.35. The minimum Gasteiger partial charge on any atom is -0.490 e. The quantitative estimate of drug-likeness (QED) is 0.565. The lowest BCUT2D eigenvalue weighted by atomic mass is 10.0. The van der Waals surface area contributed by atoms with Crippen LogP contribution in [0.2, 0.25) is 0 Å². The molecule has 8 heteroatoms. The number of rotatable bonds is 8. The van der Waals surface area contributed by atoms with Gasteiger partial charge in [-0.3, -0.25) is 24.7 Å². The van der Waals surface area contributed by atoms with Gasteiger partial charge in [-0.25, -0.2) is 0 Å². The molecule has 0 unspecified atom stereocenters. The van der Waals surface area contributed by atoms with Crippen LogP contribution in [-0.4, -0.2) is 65.1 Å². The molecule has 1 heterocycles. The number of ether oxygens (including phenoxy) is 1. The van der Waals surface area contributed by atoms with E-state index in [4.69, 9.17) is 9.84 Å². The predicted molar refractivity (Wildman–Crippen MR) is 92.8 cm³/mol. The van der Waals surface area contributed by atoms with Crippen molar-refractivity contribution < 1.29 is 19.6 Å². The monoisotopic (exact) mass is 351 g/mol. The maximum absolute atomic E-state index is 11.1. The van der Waals surface area contributed by atoms with Crippen molar-refractivity contribution in [3.05, 3.63) is 33.9 Å². The number of carboxylic acids is 1. The molecule has 0 atom stereocenters. The molecule has 1 aliphatic rings. The molecule has 0 amide bonds. The molecule has 1 aromatic carbocycles. The summed E-state index contributed by atoms with van der Waals surface area (Å²) in [6.07, 6.45) is 1.80. The zero-order chi connectivity index (χ0) is 18.4. The molecule has 0 spiro atoms. The maximum Gasteiger partial charge on any atom is 0.317 e. The number of carbonyl (C=O) groups is 1. The fourth-order valence-electron chi connectivity index (χ4n) is 3.35. The summed E-state index contributed by atoms with van der Waals surface area (Å²) in [7, 11) is 1.42. The Kier molecular flexibility index (Phi) is 6.72. The number of hydrogen-bond donors (Lipinski definition) is 1. The predicted octanol–water partition coefficient (Wildman–Crippen LogP) is 1.97. The number of nitro groups is 1. The second-order valence-electron chi connectivity index (χ2n) is 6.23. The fraction of sp³-hybridized carbons (Fsp3) is 0.588. The van der Waals surface area contributed by atoms with E-state index in [-0.39, 0.29) is 24.0 Å². The third kappa shape index (κ3) is 5.14. The van der Waals surface area contributed by atoms with Crippen LogP contribution in [0.1, 0.15) is 25.3 Å². The van der Waals surface area contributed by atoms with Gasteiger partial charge >= 0.3 is 11.7 Å². The first kappa shape index (κ1) is 19.1. The van der Waals surface area contributed by atoms with Crippen LogP contribution in [0.5, 0.6) is 5.75 Å². The first-order valence-electron chi connectivity index (χ1n) is 8.44. The third-order valence-corrected chi connectivity index (χ3v) is 4.66. The van der Waals surface area contributed by atoms with E-state index in [1.54, 1.807) is 12.1 Å². The lowest BCUT2D eigenvalue weighted by molar-refractivity contribution is -0.385. The summed E-state index contributed by atoms with van der Waals surface area (Å²) in [6.45, 7) is 5.11. The van der Waals surface area contributed by atoms with Gasteiger partial charge in [0.25, 0.3) is 0 Å². The average Bonchev–Trinajstić information content (AvgIpc) is 2.60. The lowest BCUT2D eigenvalue weighted by Crippen LogP contribution is -2.46. The van der Waals surface area contributed by atoms with Gasteiger partial charge in [-0.05, 0) is 44.1 Å². The van der Waals surface area contributed by atoms with Crippen molar-refractivity contribution in [2.75, 3.05) is 33.3 Å². The van der Waals surface area contributed by atoms with Crippen molar-refractivity contribution in [3.63, 3.8) is 0 Å². The van der Waals surface area contributed by atoms with Crippen molar-refractivity contribution in [2.24, 2.45) is 0 Å². The average molecular weight is 351 g/mol. The molecule has 8 nitrogen and oxygen atoms in total. The molecule has 25 heavy (non-hydrogen) atoms. The number of nitro benzene ring substituents is 1. The van der Waals surface area contributed by atoms with Crippen LogP contribution in [0, 0.1) is 10.1 Å². The second-order valence-corrected chi connectivity index (χ2v) is 6.23. The summed E-state index contributed by atoms with van der Waals surface area (Å²) in [6, 6.07) is 5.32. The van der Waals surface area contributed by atoms with E-state index in [2.05, 4.69) is 4.90 Å². The molecule has 138 valence electrons. The van der Waals surface area contributed by atoms with Gasteiger partial charge in [0.2, 0.25) is 0 Å². The Morgan fingerprint density at radius 3 is 2.64 bits per heavy atom. The van der Waals surface area contributed by atoms with E-state index in [0.29, 0.717) is 6.54 Å². The summed E-state index contributed by atoms with van der Waals surface area (Å²) >= 11 is 0. The topological polar surface area (TPSA) is 96.2 Å². The Labute approximate surface area is 147 Å². The van der Waals surface area contributed by atoms with Crippen LogP contribution in [0.15, 0.2) is 18.2 Å². The number of benzene rings is 1. The summed E-state index contributed by atoms with van der Waals surface area (Å²) in [5.74, 6) is -0.533. The smallest absolute Gasteiger partial charge is 0.317 e. The molecule has 0 bridgehead atoms. The SMILES string of the molecule is CCN(CC(=O)O)C1CCN(Cc2ccc(OC)c([N+](=O)[O-])c2)CC1. The number of nitrogens with zero attached hydrogens (tertiary/aromatic N) is 3. The largest absolute Gasteiger partial charge is 0.490 e. The van der Waals surface area contributed by atoms with Crippen molar-refractivity contribution in [2.45, 2.75) is 32.4 Å². The molecule has 0 aromatic heterocycles. The van der Waals surface area contributed by atoms with Gasteiger partial charge in [0.1, 0.15) is 0 Å². The van der Waals surface area contributed by atoms with E-state index in [9.17, 15) is 14.9 Å². The minimum absolute atomic E-state index is 0.0199. The number of likely N-dealkylation sites (tertiary alicyclic amines) is 1. The van der Waals surface area contributed by atoms with Gasteiger partial charge in [0, 0.05) is 18.7 Å². The van der Waals surface area contributed by atoms with E-state index in [1.165, 1.54) is 7.11 Å². The highest BCUT2D eigenvalue weighted by Gasteiger charge is 2.25. The highest BCUT2D eigenvalue weighted by Crippen LogP contribution is 2.28. The van der Waals surface area contributed by atoms with Gasteiger partial charge in [0.15, 0.2) is 5.75 Å². The molecule has 0 aliphatic carbocycles. The highest BCUT2D eigenvalue weighted by atomic mass is 16.6. The number of piperidine rings is 1. The molecule has 1 N–H and O–H groups in total. The summed E-state index contributed by atoms with van der Waals surface area (Å²) in [5.41, 5.74) is 0.859. The molecule has 1 aromatic rings. The molecule has 2 rings (SSSR count). The Bertz CT molecular complexity index is 614. The van der Waals surface area contributed by atoms with Gasteiger partial charge in [-0.2, -0.15) is 0 Å². The number of hydrogen-bond acceptors (Lipinski definition) is 6. The molecule has 1 fully saturated rings. The van der Waals surface area contributed by atoms with Crippen molar-refractivity contribution in [1.82, 2.24) is 9.80 Å². The van der Waals surface area contributed by atoms with Crippen LogP contribution >= 0.6 is 0 Å². The van der Waals surface area contributed by atoms with E-state index >= 15 is 0 Å². The molecule has 0 radical (unpaired) electrons. The second kappa shape index (κ2) is 8.77. The van der Waals surface area contributed by atoms with Crippen LogP contribution in [0.3, 0.4) is 0 Å². The van der Waals surface area contributed by atoms with Gasteiger partial charge < -0.3 is 9.84 Å². The van der Waals surface area contributed by atoms with Gasteiger partial charge in [0.05, 0.1) is 18.6 Å². The van der Waals surface area contributed by atoms with E-state index in [1.807, 2.05) is 17.9 Å². The molecule has 0 saturated carbocycles. The molecule has 1 saturated heterocycles. The van der Waals surface area contributed by atoms with Crippen molar-refractivity contribution >= 4 is 11.7 Å². The molecular weight excluding hydrogens is 326 g/mol. The van der Waals surface area contributed by atoms with Crippen LogP contribution in [0.25, 0.3) is 0 Å². The maximum atomic E-state index is 11.1. The Morgan fingerprint density at radius 1 is 1.44 bits per heavy atom. The van der Waals surface area contributed by atoms with Crippen LogP contribution in [-0.2, 0) is 11.3 Å². The number of methoxy groups -OCH3 is 1. The van der Waals surface area contributed by atoms with Crippen molar-refractivity contribution in [1.29, 1.82) is 0 Å². The van der Waals surface area contributed by atoms with Gasteiger partial charge in [-0.1, -0.05) is 13.0 Å². The van der Waals surface area contributed by atoms with Gasteiger partial charge in [-0.15, -0.1) is 0 Å². The molecule has 1 aliphatic heterocycles. The first-order valence-corrected chi connectivity index (χ1v) is 8.44. The van der Waals surface area contributed by atoms with E-state index in [0.717, 1.165) is 38.0 Å². The normalized spacial score (nSPS) is 16.1. The highest BCUT2D eigenvalue weighted by molar-refractivity contribution is 5.69. The zero-order valence-corrected chi connectivity index (χ0v) is 14.7. The van der Waals surface area contributed by atoms with Crippen molar-refractivity contribution in [3.8, 4) is 5.75 Å². The molecular formula is C17H25N3O5. The number of aliphatic carboxylic acids is 1. The van der Waals surface area contributed by atoms with E-state index < -0.39 is 10.9 Å². The van der Waals surface area contributed by atoms with Crippen LogP contribution < -0.4 is 4.74 Å². The standard InChI is InChI=1S/C17H25N3O5/c1-3-19(12-17(21)22)14-6-8-18(9-7-14)11-13-4-5-16(25-2)15(10-13)20(23)24/h4-5,10,14H,3,6-9,11-12H2,1-2H3,(H,21,22). The minimum atomic E-state index is -0.796. The summed E-state index contributed by atoms with van der Waals surface area (Å²) in [4.78, 5) is 25.9.